The Balaban J connectivity index is 1.52. The van der Waals surface area contributed by atoms with E-state index in [0.717, 1.165) is 23.7 Å². The van der Waals surface area contributed by atoms with Crippen LogP contribution in [-0.4, -0.2) is 29.0 Å². The highest BCUT2D eigenvalue weighted by atomic mass is 35.5. The number of hydrogen-bond acceptors (Lipinski definition) is 3. The number of aromatic nitrogens is 1. The van der Waals surface area contributed by atoms with E-state index in [4.69, 9.17) is 11.6 Å². The molecule has 2 atom stereocenters. The summed E-state index contributed by atoms with van der Waals surface area (Å²) in [5.74, 6) is -0.0897. The number of pyridine rings is 1. The van der Waals surface area contributed by atoms with Gasteiger partial charge in [-0.1, -0.05) is 23.7 Å². The summed E-state index contributed by atoms with van der Waals surface area (Å²) in [7, 11) is 0. The summed E-state index contributed by atoms with van der Waals surface area (Å²) < 4.78 is 0. The van der Waals surface area contributed by atoms with E-state index in [1.54, 1.807) is 12.1 Å². The molecule has 2 aliphatic rings. The predicted octanol–water partition coefficient (Wildman–Crippen LogP) is 2.90. The summed E-state index contributed by atoms with van der Waals surface area (Å²) in [5.41, 5.74) is 1.21. The zero-order chi connectivity index (χ0) is 15.1. The minimum Gasteiger partial charge on any atom is -0.348 e. The second-order valence-electron chi connectivity index (χ2n) is 6.31. The number of amides is 1. The van der Waals surface area contributed by atoms with E-state index in [2.05, 4.69) is 15.6 Å². The maximum absolute atomic E-state index is 12.4. The van der Waals surface area contributed by atoms with Crippen LogP contribution in [0.25, 0.3) is 10.9 Å². The number of nitrogens with zero attached hydrogens (tertiary/aromatic N) is 1. The van der Waals surface area contributed by atoms with Gasteiger partial charge in [-0.3, -0.25) is 4.79 Å². The molecule has 0 saturated carbocycles. The summed E-state index contributed by atoms with van der Waals surface area (Å²) in [6, 6.07) is 10.6. The van der Waals surface area contributed by atoms with Crippen molar-refractivity contribution >= 4 is 28.4 Å². The third-order valence-electron chi connectivity index (χ3n) is 4.70. The van der Waals surface area contributed by atoms with E-state index in [-0.39, 0.29) is 11.9 Å². The molecule has 2 fully saturated rings. The lowest BCUT2D eigenvalue weighted by atomic mass is 9.99. The normalized spacial score (nSPS) is 27.0. The Morgan fingerprint density at radius 1 is 1.18 bits per heavy atom. The molecule has 4 nitrogen and oxygen atoms in total. The molecule has 0 aliphatic carbocycles. The van der Waals surface area contributed by atoms with Gasteiger partial charge in [-0.05, 0) is 43.9 Å². The quantitative estimate of drug-likeness (QED) is 0.896. The molecule has 0 radical (unpaired) electrons. The van der Waals surface area contributed by atoms with Crippen LogP contribution in [-0.2, 0) is 0 Å². The Kier molecular flexibility index (Phi) is 3.51. The molecule has 1 aromatic heterocycles. The van der Waals surface area contributed by atoms with Crippen molar-refractivity contribution in [1.29, 1.82) is 0 Å². The fourth-order valence-corrected chi connectivity index (χ4v) is 3.82. The highest BCUT2D eigenvalue weighted by Crippen LogP contribution is 2.27. The standard InChI is InChI=1S/C17H18ClN3O/c18-11-3-1-10-2-6-15(21-16(10)7-11)17(22)20-14-8-12-4-5-13(9-14)19-12/h1-3,6-7,12-14,19H,4-5,8-9H2,(H,20,22). The first-order valence-corrected chi connectivity index (χ1v) is 8.18. The highest BCUT2D eigenvalue weighted by molar-refractivity contribution is 6.31. The van der Waals surface area contributed by atoms with Crippen LogP contribution in [0.15, 0.2) is 30.3 Å². The van der Waals surface area contributed by atoms with E-state index in [1.165, 1.54) is 12.8 Å². The number of fused-ring (bicyclic) bond motifs is 3. The van der Waals surface area contributed by atoms with E-state index in [1.807, 2.05) is 18.2 Å². The van der Waals surface area contributed by atoms with Gasteiger partial charge in [-0.15, -0.1) is 0 Å². The van der Waals surface area contributed by atoms with Crippen LogP contribution in [0.5, 0.6) is 0 Å². The molecular weight excluding hydrogens is 298 g/mol. The third-order valence-corrected chi connectivity index (χ3v) is 4.93. The van der Waals surface area contributed by atoms with Gasteiger partial charge in [-0.2, -0.15) is 0 Å². The van der Waals surface area contributed by atoms with Crippen molar-refractivity contribution in [2.24, 2.45) is 0 Å². The fourth-order valence-electron chi connectivity index (χ4n) is 3.65. The number of hydrogen-bond donors (Lipinski definition) is 2. The number of halogens is 1. The van der Waals surface area contributed by atoms with E-state index >= 15 is 0 Å². The van der Waals surface area contributed by atoms with Gasteiger partial charge in [0.15, 0.2) is 0 Å². The number of carbonyl (C=O) groups excluding carboxylic acids is 1. The predicted molar refractivity (Wildman–Crippen MR) is 87.2 cm³/mol. The summed E-state index contributed by atoms with van der Waals surface area (Å²) >= 11 is 6.00. The molecule has 2 saturated heterocycles. The van der Waals surface area contributed by atoms with Gasteiger partial charge >= 0.3 is 0 Å². The molecule has 114 valence electrons. The molecular formula is C17H18ClN3O. The molecule has 0 spiro atoms. The minimum absolute atomic E-state index is 0.0897. The summed E-state index contributed by atoms with van der Waals surface area (Å²) in [4.78, 5) is 16.9. The Bertz CT molecular complexity index is 721. The van der Waals surface area contributed by atoms with Crippen molar-refractivity contribution in [1.82, 2.24) is 15.6 Å². The smallest absolute Gasteiger partial charge is 0.270 e. The van der Waals surface area contributed by atoms with Crippen LogP contribution in [0.2, 0.25) is 5.02 Å². The monoisotopic (exact) mass is 315 g/mol. The second-order valence-corrected chi connectivity index (χ2v) is 6.75. The topological polar surface area (TPSA) is 54.0 Å². The molecule has 2 bridgehead atoms. The van der Waals surface area contributed by atoms with Gasteiger partial charge in [-0.25, -0.2) is 4.98 Å². The van der Waals surface area contributed by atoms with Crippen LogP contribution < -0.4 is 10.6 Å². The molecule has 5 heteroatoms. The van der Waals surface area contributed by atoms with Crippen LogP contribution >= 0.6 is 11.6 Å². The number of rotatable bonds is 2. The van der Waals surface area contributed by atoms with Crippen LogP contribution in [0, 0.1) is 0 Å². The van der Waals surface area contributed by atoms with Crippen molar-refractivity contribution in [3.8, 4) is 0 Å². The second kappa shape index (κ2) is 5.52. The Labute approximate surface area is 134 Å². The van der Waals surface area contributed by atoms with Gasteiger partial charge < -0.3 is 10.6 Å². The lowest BCUT2D eigenvalue weighted by Crippen LogP contribution is -2.48. The number of nitrogens with one attached hydrogen (secondary N) is 2. The molecule has 2 aliphatic heterocycles. The fraction of sp³-hybridized carbons (Fsp3) is 0.412. The first kappa shape index (κ1) is 14.0. The molecule has 1 amide bonds. The van der Waals surface area contributed by atoms with Gasteiger partial charge in [0.05, 0.1) is 5.52 Å². The lowest BCUT2D eigenvalue weighted by molar-refractivity contribution is 0.0919. The molecule has 4 rings (SSSR count). The van der Waals surface area contributed by atoms with Crippen molar-refractivity contribution in [3.05, 3.63) is 41.0 Å². The van der Waals surface area contributed by atoms with Gasteiger partial charge in [0.2, 0.25) is 0 Å². The largest absolute Gasteiger partial charge is 0.348 e. The van der Waals surface area contributed by atoms with Crippen molar-refractivity contribution in [3.63, 3.8) is 0 Å². The first-order chi connectivity index (χ1) is 10.7. The lowest BCUT2D eigenvalue weighted by Gasteiger charge is -2.29. The third kappa shape index (κ3) is 2.69. The van der Waals surface area contributed by atoms with Gasteiger partial charge in [0.25, 0.3) is 5.91 Å². The number of carbonyl (C=O) groups is 1. The molecule has 1 aromatic carbocycles. The minimum atomic E-state index is -0.0897. The zero-order valence-corrected chi connectivity index (χ0v) is 12.9. The van der Waals surface area contributed by atoms with Gasteiger partial charge in [0, 0.05) is 28.5 Å². The average Bonchev–Trinajstić information content (AvgIpc) is 2.85. The maximum atomic E-state index is 12.4. The van der Waals surface area contributed by atoms with E-state index < -0.39 is 0 Å². The summed E-state index contributed by atoms with van der Waals surface area (Å²) in [5, 5.41) is 8.34. The molecule has 22 heavy (non-hydrogen) atoms. The van der Waals surface area contributed by atoms with Crippen molar-refractivity contribution in [2.45, 2.75) is 43.8 Å². The Morgan fingerprint density at radius 3 is 2.68 bits per heavy atom. The molecule has 2 N–H and O–H groups in total. The SMILES string of the molecule is O=C(NC1CC2CCC(C1)N2)c1ccc2ccc(Cl)cc2n1. The maximum Gasteiger partial charge on any atom is 0.270 e. The molecule has 3 heterocycles. The number of benzene rings is 1. The van der Waals surface area contributed by atoms with Crippen molar-refractivity contribution < 1.29 is 4.79 Å². The highest BCUT2D eigenvalue weighted by Gasteiger charge is 2.34. The van der Waals surface area contributed by atoms with E-state index in [9.17, 15) is 4.79 Å². The molecule has 2 unspecified atom stereocenters. The van der Waals surface area contributed by atoms with Crippen LogP contribution in [0.1, 0.15) is 36.2 Å². The summed E-state index contributed by atoms with van der Waals surface area (Å²) in [6.07, 6.45) is 4.48. The Hall–Kier alpha value is -1.65. The first-order valence-electron chi connectivity index (χ1n) is 7.80. The summed E-state index contributed by atoms with van der Waals surface area (Å²) in [6.45, 7) is 0. The van der Waals surface area contributed by atoms with Crippen LogP contribution in [0.3, 0.4) is 0 Å². The van der Waals surface area contributed by atoms with Crippen LogP contribution in [0.4, 0.5) is 0 Å². The zero-order valence-electron chi connectivity index (χ0n) is 12.2. The molecule has 2 aromatic rings. The number of piperidine rings is 1. The van der Waals surface area contributed by atoms with E-state index in [0.29, 0.717) is 22.8 Å². The van der Waals surface area contributed by atoms with Gasteiger partial charge in [0.1, 0.15) is 5.69 Å². The average molecular weight is 316 g/mol. The van der Waals surface area contributed by atoms with Crippen molar-refractivity contribution in [2.75, 3.05) is 0 Å². The Morgan fingerprint density at radius 2 is 1.91 bits per heavy atom.